The number of nitrogens with two attached hydrogens (primary N) is 1. The smallest absolute Gasteiger partial charge is 0.00433 e. The third-order valence-electron chi connectivity index (χ3n) is 2.59. The molecule has 1 atom stereocenters. The molecule has 0 aromatic rings. The molecule has 1 saturated carbocycles. The quantitative estimate of drug-likeness (QED) is 0.592. The first-order chi connectivity index (χ1) is 4.88. The van der Waals surface area contributed by atoms with Gasteiger partial charge in [0.2, 0.25) is 0 Å². The first-order valence-electron chi connectivity index (χ1n) is 4.19. The van der Waals surface area contributed by atoms with E-state index in [1.807, 2.05) is 6.08 Å². The predicted molar refractivity (Wildman–Crippen MR) is 44.7 cm³/mol. The molecular weight excluding hydrogens is 122 g/mol. The van der Waals surface area contributed by atoms with E-state index < -0.39 is 0 Å². The minimum absolute atomic E-state index is 0.728. The van der Waals surface area contributed by atoms with Gasteiger partial charge in [-0.05, 0) is 24.8 Å². The predicted octanol–water partition coefficient (Wildman–Crippen LogP) is 1.94. The maximum atomic E-state index is 5.62. The molecule has 0 amide bonds. The zero-order chi connectivity index (χ0) is 7.40. The van der Waals surface area contributed by atoms with Gasteiger partial charge in [0.25, 0.3) is 0 Å². The van der Waals surface area contributed by atoms with Crippen LogP contribution in [0.5, 0.6) is 0 Å². The summed E-state index contributed by atoms with van der Waals surface area (Å²) in [6.07, 6.45) is 7.32. The maximum Gasteiger partial charge on any atom is -0.00433 e. The van der Waals surface area contributed by atoms with Crippen molar-refractivity contribution >= 4 is 0 Å². The summed E-state index contributed by atoms with van der Waals surface area (Å²) in [4.78, 5) is 0. The van der Waals surface area contributed by atoms with Crippen LogP contribution in [-0.4, -0.2) is 6.54 Å². The van der Waals surface area contributed by atoms with E-state index in [9.17, 15) is 0 Å². The average Bonchev–Trinajstić information content (AvgIpc) is 1.83. The second kappa shape index (κ2) is 3.77. The Kier molecular flexibility index (Phi) is 2.94. The van der Waals surface area contributed by atoms with Crippen molar-refractivity contribution in [2.24, 2.45) is 17.6 Å². The van der Waals surface area contributed by atoms with Crippen LogP contribution >= 0.6 is 0 Å². The fraction of sp³-hybridized carbons (Fsp3) is 0.778. The van der Waals surface area contributed by atoms with Crippen LogP contribution in [0.3, 0.4) is 0 Å². The fourth-order valence-corrected chi connectivity index (χ4v) is 1.61. The topological polar surface area (TPSA) is 26.0 Å². The van der Waals surface area contributed by atoms with Gasteiger partial charge in [0, 0.05) is 0 Å². The Hall–Kier alpha value is -0.300. The Labute approximate surface area is 63.3 Å². The molecule has 1 fully saturated rings. The molecule has 0 saturated heterocycles. The highest BCUT2D eigenvalue weighted by molar-refractivity contribution is 4.83. The molecule has 58 valence electrons. The van der Waals surface area contributed by atoms with Gasteiger partial charge >= 0.3 is 0 Å². The monoisotopic (exact) mass is 139 g/mol. The molecule has 1 aliphatic rings. The van der Waals surface area contributed by atoms with Crippen LogP contribution in [0.2, 0.25) is 0 Å². The lowest BCUT2D eigenvalue weighted by Gasteiger charge is -2.32. The van der Waals surface area contributed by atoms with E-state index in [0.29, 0.717) is 0 Å². The van der Waals surface area contributed by atoms with E-state index in [-0.39, 0.29) is 0 Å². The van der Waals surface area contributed by atoms with Crippen molar-refractivity contribution in [3.63, 3.8) is 0 Å². The summed E-state index contributed by atoms with van der Waals surface area (Å²) in [6.45, 7) is 4.58. The van der Waals surface area contributed by atoms with Crippen LogP contribution < -0.4 is 5.73 Å². The number of hydrogen-bond donors (Lipinski definition) is 1. The number of rotatable bonds is 4. The molecule has 0 spiro atoms. The van der Waals surface area contributed by atoms with Gasteiger partial charge in [-0.1, -0.05) is 25.3 Å². The van der Waals surface area contributed by atoms with E-state index in [1.165, 1.54) is 19.3 Å². The second-order valence-corrected chi connectivity index (χ2v) is 3.21. The zero-order valence-electron chi connectivity index (χ0n) is 6.55. The van der Waals surface area contributed by atoms with Crippen molar-refractivity contribution in [2.75, 3.05) is 6.54 Å². The molecule has 10 heavy (non-hydrogen) atoms. The molecule has 1 rings (SSSR count). The molecule has 1 heteroatoms. The third kappa shape index (κ3) is 1.60. The summed E-state index contributed by atoms with van der Waals surface area (Å²) in [6, 6.07) is 0. The molecular formula is C9H17N. The van der Waals surface area contributed by atoms with Gasteiger partial charge in [-0.2, -0.15) is 0 Å². The Morgan fingerprint density at radius 2 is 2.30 bits per heavy atom. The Morgan fingerprint density at radius 3 is 2.60 bits per heavy atom. The largest absolute Gasteiger partial charge is 0.330 e. The van der Waals surface area contributed by atoms with Gasteiger partial charge in [-0.25, -0.2) is 0 Å². The van der Waals surface area contributed by atoms with Gasteiger partial charge in [0.15, 0.2) is 0 Å². The van der Waals surface area contributed by atoms with E-state index in [2.05, 4.69) is 6.58 Å². The average molecular weight is 139 g/mol. The summed E-state index contributed by atoms with van der Waals surface area (Å²) in [7, 11) is 0. The molecule has 0 bridgehead atoms. The Bertz CT molecular complexity index is 105. The van der Waals surface area contributed by atoms with Crippen LogP contribution in [0.15, 0.2) is 12.7 Å². The Balaban J connectivity index is 2.23. The molecule has 1 nitrogen and oxygen atoms in total. The lowest BCUT2D eigenvalue weighted by Crippen LogP contribution is -2.27. The fourth-order valence-electron chi connectivity index (χ4n) is 1.61. The van der Waals surface area contributed by atoms with E-state index in [1.54, 1.807) is 0 Å². The van der Waals surface area contributed by atoms with Crippen molar-refractivity contribution in [3.8, 4) is 0 Å². The molecule has 0 heterocycles. The first-order valence-corrected chi connectivity index (χ1v) is 4.19. The lowest BCUT2D eigenvalue weighted by atomic mass is 9.74. The van der Waals surface area contributed by atoms with E-state index in [0.717, 1.165) is 24.8 Å². The summed E-state index contributed by atoms with van der Waals surface area (Å²) in [5.74, 6) is 1.65. The normalized spacial score (nSPS) is 21.7. The van der Waals surface area contributed by atoms with Gasteiger partial charge < -0.3 is 5.73 Å². The van der Waals surface area contributed by atoms with Crippen molar-refractivity contribution in [3.05, 3.63) is 12.7 Å². The second-order valence-electron chi connectivity index (χ2n) is 3.21. The molecule has 0 aliphatic heterocycles. The van der Waals surface area contributed by atoms with Crippen LogP contribution in [-0.2, 0) is 0 Å². The van der Waals surface area contributed by atoms with Crippen LogP contribution in [0, 0.1) is 11.8 Å². The number of allylic oxidation sites excluding steroid dienone is 1. The van der Waals surface area contributed by atoms with Gasteiger partial charge in [-0.3, -0.25) is 0 Å². The zero-order valence-corrected chi connectivity index (χ0v) is 6.55. The SMILES string of the molecule is C=CCC(CN)C1CCC1. The molecule has 2 N–H and O–H groups in total. The van der Waals surface area contributed by atoms with Crippen LogP contribution in [0.1, 0.15) is 25.7 Å². The molecule has 0 aromatic carbocycles. The first kappa shape index (κ1) is 7.80. The van der Waals surface area contributed by atoms with Gasteiger partial charge in [-0.15, -0.1) is 6.58 Å². The number of hydrogen-bond acceptors (Lipinski definition) is 1. The molecule has 0 aromatic heterocycles. The van der Waals surface area contributed by atoms with Crippen molar-refractivity contribution in [1.82, 2.24) is 0 Å². The minimum atomic E-state index is 0.728. The molecule has 0 radical (unpaired) electrons. The summed E-state index contributed by atoms with van der Waals surface area (Å²) in [5, 5.41) is 0. The summed E-state index contributed by atoms with van der Waals surface area (Å²) < 4.78 is 0. The van der Waals surface area contributed by atoms with Crippen molar-refractivity contribution in [1.29, 1.82) is 0 Å². The van der Waals surface area contributed by atoms with E-state index in [4.69, 9.17) is 5.73 Å². The van der Waals surface area contributed by atoms with Gasteiger partial charge in [0.05, 0.1) is 0 Å². The minimum Gasteiger partial charge on any atom is -0.330 e. The standard InChI is InChI=1S/C9H17N/c1-2-4-9(7-10)8-5-3-6-8/h2,8-9H,1,3-7,10H2. The molecule has 1 aliphatic carbocycles. The van der Waals surface area contributed by atoms with Gasteiger partial charge in [0.1, 0.15) is 0 Å². The Morgan fingerprint density at radius 1 is 1.60 bits per heavy atom. The summed E-state index contributed by atoms with van der Waals surface area (Å²) in [5.41, 5.74) is 5.62. The van der Waals surface area contributed by atoms with Crippen molar-refractivity contribution in [2.45, 2.75) is 25.7 Å². The molecule has 1 unspecified atom stereocenters. The highest BCUT2D eigenvalue weighted by atomic mass is 14.6. The highest BCUT2D eigenvalue weighted by Gasteiger charge is 2.24. The van der Waals surface area contributed by atoms with Crippen LogP contribution in [0.25, 0.3) is 0 Å². The third-order valence-corrected chi connectivity index (χ3v) is 2.59. The highest BCUT2D eigenvalue weighted by Crippen LogP contribution is 2.34. The van der Waals surface area contributed by atoms with Crippen molar-refractivity contribution < 1.29 is 0 Å². The summed E-state index contributed by atoms with van der Waals surface area (Å²) >= 11 is 0. The van der Waals surface area contributed by atoms with Crippen LogP contribution in [0.4, 0.5) is 0 Å². The lowest BCUT2D eigenvalue weighted by molar-refractivity contribution is 0.212. The van der Waals surface area contributed by atoms with E-state index >= 15 is 0 Å². The maximum absolute atomic E-state index is 5.62.